The lowest BCUT2D eigenvalue weighted by atomic mass is 10.2. The highest BCUT2D eigenvalue weighted by Crippen LogP contribution is 2.32. The van der Waals surface area contributed by atoms with Crippen molar-refractivity contribution >= 4 is 33.0 Å². The fourth-order valence-electron chi connectivity index (χ4n) is 1.80. The molecule has 5 nitrogen and oxygen atoms in total. The summed E-state index contributed by atoms with van der Waals surface area (Å²) >= 11 is 1.37. The van der Waals surface area contributed by atoms with Gasteiger partial charge in [-0.2, -0.15) is 0 Å². The Morgan fingerprint density at radius 1 is 1.63 bits per heavy atom. The van der Waals surface area contributed by atoms with Crippen LogP contribution in [0.5, 0.6) is 0 Å². The number of pyridine rings is 1. The molecule has 2 aromatic heterocycles. The molecule has 1 atom stereocenters. The summed E-state index contributed by atoms with van der Waals surface area (Å²) in [6, 6.07) is 1.88. The number of rotatable bonds is 5. The molecule has 1 unspecified atom stereocenters. The van der Waals surface area contributed by atoms with Gasteiger partial charge in [-0.1, -0.05) is 0 Å². The van der Waals surface area contributed by atoms with Gasteiger partial charge in [0.25, 0.3) is 5.91 Å². The molecule has 102 valence electrons. The first-order valence-electron chi connectivity index (χ1n) is 6.05. The number of amides is 1. The molecule has 19 heavy (non-hydrogen) atoms. The molecule has 6 heteroatoms. The van der Waals surface area contributed by atoms with Gasteiger partial charge < -0.3 is 15.8 Å². The minimum absolute atomic E-state index is 0.0511. The van der Waals surface area contributed by atoms with Gasteiger partial charge in [0.2, 0.25) is 0 Å². The van der Waals surface area contributed by atoms with E-state index in [0.29, 0.717) is 17.2 Å². The Kier molecular flexibility index (Phi) is 4.34. The molecule has 0 spiro atoms. The van der Waals surface area contributed by atoms with Crippen LogP contribution in [0.4, 0.5) is 5.69 Å². The van der Waals surface area contributed by atoms with Gasteiger partial charge in [0.15, 0.2) is 0 Å². The third kappa shape index (κ3) is 3.02. The number of fused-ring (bicyclic) bond motifs is 1. The number of nitrogens with one attached hydrogen (secondary N) is 1. The van der Waals surface area contributed by atoms with Crippen LogP contribution < -0.4 is 11.1 Å². The Hall–Kier alpha value is -1.66. The molecule has 0 aliphatic rings. The van der Waals surface area contributed by atoms with E-state index in [1.54, 1.807) is 19.5 Å². The normalized spacial score (nSPS) is 12.5. The fraction of sp³-hybridized carbons (Fsp3) is 0.385. The number of methoxy groups -OCH3 is 1. The summed E-state index contributed by atoms with van der Waals surface area (Å²) in [6.45, 7) is 2.56. The van der Waals surface area contributed by atoms with Crippen molar-refractivity contribution in [3.63, 3.8) is 0 Å². The Morgan fingerprint density at radius 3 is 3.11 bits per heavy atom. The minimum atomic E-state index is -0.137. The van der Waals surface area contributed by atoms with Gasteiger partial charge in [0.05, 0.1) is 10.4 Å². The number of nitrogen functional groups attached to an aromatic ring is 1. The van der Waals surface area contributed by atoms with Crippen LogP contribution in [0, 0.1) is 0 Å². The molecule has 2 heterocycles. The Labute approximate surface area is 115 Å². The molecule has 1 amide bonds. The molecule has 0 bridgehead atoms. The second kappa shape index (κ2) is 5.99. The predicted molar refractivity (Wildman–Crippen MR) is 77.5 cm³/mol. The number of hydrogen-bond donors (Lipinski definition) is 2. The molecule has 0 radical (unpaired) electrons. The second-order valence-corrected chi connectivity index (χ2v) is 5.42. The molecule has 0 aliphatic heterocycles. The van der Waals surface area contributed by atoms with E-state index in [1.165, 1.54) is 11.3 Å². The summed E-state index contributed by atoms with van der Waals surface area (Å²) in [5, 5.41) is 3.81. The van der Waals surface area contributed by atoms with Crippen molar-refractivity contribution < 1.29 is 9.53 Å². The van der Waals surface area contributed by atoms with E-state index in [-0.39, 0.29) is 11.9 Å². The van der Waals surface area contributed by atoms with Crippen LogP contribution in [-0.2, 0) is 4.74 Å². The molecule has 0 saturated heterocycles. The summed E-state index contributed by atoms with van der Waals surface area (Å²) < 4.78 is 5.92. The summed E-state index contributed by atoms with van der Waals surface area (Å²) in [4.78, 5) is 16.7. The highest BCUT2D eigenvalue weighted by molar-refractivity contribution is 7.21. The molecular formula is C13H17N3O2S. The van der Waals surface area contributed by atoms with Crippen molar-refractivity contribution in [3.8, 4) is 0 Å². The maximum Gasteiger partial charge on any atom is 0.263 e. The predicted octanol–water partition coefficient (Wildman–Crippen LogP) is 2.03. The summed E-state index contributed by atoms with van der Waals surface area (Å²) in [6.07, 6.45) is 4.17. The van der Waals surface area contributed by atoms with Crippen LogP contribution in [0.3, 0.4) is 0 Å². The van der Waals surface area contributed by atoms with Crippen molar-refractivity contribution in [1.82, 2.24) is 10.3 Å². The van der Waals surface area contributed by atoms with Gasteiger partial charge in [-0.25, -0.2) is 0 Å². The topological polar surface area (TPSA) is 77.2 Å². The Bertz CT molecular complexity index is 582. The van der Waals surface area contributed by atoms with E-state index in [0.717, 1.165) is 16.5 Å². The molecule has 2 aromatic rings. The Balaban J connectivity index is 2.15. The summed E-state index contributed by atoms with van der Waals surface area (Å²) in [5.41, 5.74) is 6.54. The highest BCUT2D eigenvalue weighted by Gasteiger charge is 2.17. The first kappa shape index (κ1) is 13.8. The van der Waals surface area contributed by atoms with Crippen LogP contribution in [0.2, 0.25) is 0 Å². The largest absolute Gasteiger partial charge is 0.397 e. The smallest absolute Gasteiger partial charge is 0.263 e. The molecular weight excluding hydrogens is 262 g/mol. The van der Waals surface area contributed by atoms with Crippen molar-refractivity contribution in [2.75, 3.05) is 19.5 Å². The van der Waals surface area contributed by atoms with Crippen molar-refractivity contribution in [2.24, 2.45) is 0 Å². The lowest BCUT2D eigenvalue weighted by Crippen LogP contribution is -2.33. The molecule has 0 fully saturated rings. The van der Waals surface area contributed by atoms with E-state index in [1.807, 2.05) is 13.0 Å². The molecule has 0 aromatic carbocycles. The quantitative estimate of drug-likeness (QED) is 0.878. The van der Waals surface area contributed by atoms with Crippen LogP contribution in [0.1, 0.15) is 23.0 Å². The van der Waals surface area contributed by atoms with Crippen molar-refractivity contribution in [1.29, 1.82) is 0 Å². The van der Waals surface area contributed by atoms with E-state index in [2.05, 4.69) is 10.3 Å². The van der Waals surface area contributed by atoms with E-state index < -0.39 is 0 Å². The number of ether oxygens (including phenoxy) is 1. The first-order chi connectivity index (χ1) is 9.13. The molecule has 0 saturated carbocycles. The van der Waals surface area contributed by atoms with Gasteiger partial charge in [-0.15, -0.1) is 11.3 Å². The van der Waals surface area contributed by atoms with Gasteiger partial charge in [-0.3, -0.25) is 9.78 Å². The number of carbonyl (C=O) groups excluding carboxylic acids is 1. The lowest BCUT2D eigenvalue weighted by molar-refractivity contribution is 0.0934. The van der Waals surface area contributed by atoms with Gasteiger partial charge in [-0.05, 0) is 19.4 Å². The zero-order chi connectivity index (χ0) is 13.8. The monoisotopic (exact) mass is 279 g/mol. The standard InChI is InChI=1S/C13H17N3O2S/c1-8(4-6-18-2)16-13(17)12-11(14)9-3-5-15-7-10(9)19-12/h3,5,7-8H,4,6,14H2,1-2H3,(H,16,17). The maximum atomic E-state index is 12.2. The molecule has 2 rings (SSSR count). The number of anilines is 1. The van der Waals surface area contributed by atoms with E-state index in [4.69, 9.17) is 10.5 Å². The van der Waals surface area contributed by atoms with E-state index >= 15 is 0 Å². The van der Waals surface area contributed by atoms with Crippen LogP contribution in [-0.4, -0.2) is 30.6 Å². The number of hydrogen-bond acceptors (Lipinski definition) is 5. The zero-order valence-electron chi connectivity index (χ0n) is 11.0. The van der Waals surface area contributed by atoms with Crippen molar-refractivity contribution in [3.05, 3.63) is 23.3 Å². The first-order valence-corrected chi connectivity index (χ1v) is 6.87. The van der Waals surface area contributed by atoms with Crippen LogP contribution >= 0.6 is 11.3 Å². The summed E-state index contributed by atoms with van der Waals surface area (Å²) in [5.74, 6) is -0.137. The van der Waals surface area contributed by atoms with Gasteiger partial charge in [0.1, 0.15) is 4.88 Å². The number of carbonyl (C=O) groups is 1. The van der Waals surface area contributed by atoms with Gasteiger partial charge in [0, 0.05) is 37.5 Å². The second-order valence-electron chi connectivity index (χ2n) is 4.37. The molecule has 3 N–H and O–H groups in total. The number of thiophene rings is 1. The molecule has 0 aliphatic carbocycles. The van der Waals surface area contributed by atoms with Crippen molar-refractivity contribution in [2.45, 2.75) is 19.4 Å². The third-order valence-corrected chi connectivity index (χ3v) is 4.02. The van der Waals surface area contributed by atoms with Gasteiger partial charge >= 0.3 is 0 Å². The Morgan fingerprint density at radius 2 is 2.42 bits per heavy atom. The third-order valence-electron chi connectivity index (χ3n) is 2.87. The maximum absolute atomic E-state index is 12.2. The average Bonchev–Trinajstić information content (AvgIpc) is 2.74. The van der Waals surface area contributed by atoms with Crippen LogP contribution in [0.25, 0.3) is 10.1 Å². The summed E-state index contributed by atoms with van der Waals surface area (Å²) in [7, 11) is 1.64. The highest BCUT2D eigenvalue weighted by atomic mass is 32.1. The SMILES string of the molecule is COCCC(C)NC(=O)c1sc2cnccc2c1N. The lowest BCUT2D eigenvalue weighted by Gasteiger charge is -2.12. The van der Waals surface area contributed by atoms with Crippen LogP contribution in [0.15, 0.2) is 18.5 Å². The fourth-order valence-corrected chi connectivity index (χ4v) is 2.79. The number of nitrogens with zero attached hydrogens (tertiary/aromatic N) is 1. The van der Waals surface area contributed by atoms with E-state index in [9.17, 15) is 4.79 Å². The minimum Gasteiger partial charge on any atom is -0.397 e. The number of aromatic nitrogens is 1. The zero-order valence-corrected chi connectivity index (χ0v) is 11.8. The number of nitrogens with two attached hydrogens (primary N) is 1. The average molecular weight is 279 g/mol.